The maximum Gasteiger partial charge on any atom is 0.422 e. The van der Waals surface area contributed by atoms with Gasteiger partial charge in [0.1, 0.15) is 5.02 Å². The Labute approximate surface area is 125 Å². The van der Waals surface area contributed by atoms with E-state index < -0.39 is 28.4 Å². The highest BCUT2D eigenvalue weighted by Gasteiger charge is 2.18. The number of nitrogens with zero attached hydrogens (tertiary/aromatic N) is 2. The van der Waals surface area contributed by atoms with E-state index in [0.717, 1.165) is 31.9 Å². The third-order valence-corrected chi connectivity index (χ3v) is 3.02. The Morgan fingerprint density at radius 1 is 1.29 bits per heavy atom. The average molecular weight is 318 g/mol. The highest BCUT2D eigenvalue weighted by atomic mass is 35.5. The molecule has 1 aromatic rings. The first-order valence-corrected chi connectivity index (χ1v) is 6.83. The molecule has 0 radical (unpaired) electrons. The van der Waals surface area contributed by atoms with Gasteiger partial charge in [0.15, 0.2) is 0 Å². The number of hydrogen-bond donors (Lipinski definition) is 2. The van der Waals surface area contributed by atoms with Crippen LogP contribution in [0, 0.1) is 0 Å². The van der Waals surface area contributed by atoms with Crippen molar-refractivity contribution in [1.29, 1.82) is 0 Å². The van der Waals surface area contributed by atoms with Crippen molar-refractivity contribution in [2.45, 2.75) is 32.6 Å². The summed E-state index contributed by atoms with van der Waals surface area (Å²) in [6, 6.07) is -0.826. The normalized spacial score (nSPS) is 10.4. The summed E-state index contributed by atoms with van der Waals surface area (Å²) in [5.41, 5.74) is -2.45. The lowest BCUT2D eigenvalue weighted by Crippen LogP contribution is -2.47. The number of carbonyl (C=O) groups excluding carboxylic acids is 1. The molecule has 9 heteroatoms. The summed E-state index contributed by atoms with van der Waals surface area (Å²) in [5.74, 6) is 0. The number of hydrogen-bond acceptors (Lipinski definition) is 4. The van der Waals surface area contributed by atoms with Crippen molar-refractivity contribution in [3.05, 3.63) is 32.1 Å². The topological polar surface area (TPSA) is 110 Å². The van der Waals surface area contributed by atoms with Crippen molar-refractivity contribution in [3.63, 3.8) is 0 Å². The van der Waals surface area contributed by atoms with Crippen molar-refractivity contribution in [3.8, 4) is 0 Å². The van der Waals surface area contributed by atoms with E-state index in [0.29, 0.717) is 11.1 Å². The number of rotatable bonds is 5. The van der Waals surface area contributed by atoms with Crippen LogP contribution in [0.5, 0.6) is 0 Å². The fraction of sp³-hybridized carbons (Fsp3) is 0.500. The Kier molecular flexibility index (Phi) is 6.16. The summed E-state index contributed by atoms with van der Waals surface area (Å²) >= 11 is 5.55. The van der Waals surface area contributed by atoms with Gasteiger partial charge in [-0.1, -0.05) is 37.8 Å². The van der Waals surface area contributed by atoms with Crippen molar-refractivity contribution < 1.29 is 14.7 Å². The smallest absolute Gasteiger partial charge is 0.422 e. The van der Waals surface area contributed by atoms with Gasteiger partial charge in [-0.15, -0.1) is 0 Å². The van der Waals surface area contributed by atoms with Gasteiger partial charge in [-0.25, -0.2) is 19.0 Å². The first-order valence-electron chi connectivity index (χ1n) is 6.45. The highest BCUT2D eigenvalue weighted by Crippen LogP contribution is 1.99. The number of halogens is 1. The van der Waals surface area contributed by atoms with Gasteiger partial charge < -0.3 is 10.4 Å². The Morgan fingerprint density at radius 2 is 1.95 bits per heavy atom. The molecule has 0 saturated carbocycles. The first kappa shape index (κ1) is 17.0. The molecule has 0 aromatic carbocycles. The Morgan fingerprint density at radius 3 is 2.52 bits per heavy atom. The number of carbonyl (C=O) groups is 2. The molecule has 116 valence electrons. The quantitative estimate of drug-likeness (QED) is 0.796. The summed E-state index contributed by atoms with van der Waals surface area (Å²) in [7, 11) is 0. The molecule has 0 fully saturated rings. The monoisotopic (exact) mass is 317 g/mol. The zero-order valence-electron chi connectivity index (χ0n) is 11.5. The molecule has 0 aliphatic heterocycles. The molecule has 0 aliphatic rings. The molecule has 1 aromatic heterocycles. The minimum absolute atomic E-state index is 0.112. The van der Waals surface area contributed by atoms with Gasteiger partial charge in [0.25, 0.3) is 5.56 Å². The third-order valence-electron chi connectivity index (χ3n) is 2.76. The van der Waals surface area contributed by atoms with E-state index in [1.165, 1.54) is 0 Å². The number of aromatic nitrogens is 2. The van der Waals surface area contributed by atoms with Crippen LogP contribution in [-0.2, 0) is 0 Å². The molecule has 0 saturated heterocycles. The van der Waals surface area contributed by atoms with Crippen LogP contribution < -0.4 is 16.6 Å². The predicted molar refractivity (Wildman–Crippen MR) is 76.3 cm³/mol. The van der Waals surface area contributed by atoms with E-state index in [2.05, 4.69) is 12.2 Å². The van der Waals surface area contributed by atoms with Crippen LogP contribution in [0.25, 0.3) is 0 Å². The van der Waals surface area contributed by atoms with E-state index in [-0.39, 0.29) is 4.57 Å². The van der Waals surface area contributed by atoms with Crippen LogP contribution in [0.1, 0.15) is 32.6 Å². The summed E-state index contributed by atoms with van der Waals surface area (Å²) in [4.78, 5) is 45.9. The summed E-state index contributed by atoms with van der Waals surface area (Å²) < 4.78 is 0.358. The van der Waals surface area contributed by atoms with Crippen LogP contribution in [0.15, 0.2) is 15.8 Å². The Balaban J connectivity index is 2.93. The SMILES string of the molecule is CCCCCCNC(=O)n1cc(Cl)c(=O)n(C(=O)O)c1=O. The number of carboxylic acid groups (broad SMARTS) is 1. The van der Waals surface area contributed by atoms with Gasteiger partial charge in [0, 0.05) is 12.7 Å². The second-order valence-corrected chi connectivity index (χ2v) is 4.75. The van der Waals surface area contributed by atoms with Crippen LogP contribution in [0.3, 0.4) is 0 Å². The molecule has 0 unspecified atom stereocenters. The minimum atomic E-state index is -1.79. The molecule has 0 atom stereocenters. The third kappa shape index (κ3) is 4.19. The van der Waals surface area contributed by atoms with E-state index in [1.807, 2.05) is 0 Å². The van der Waals surface area contributed by atoms with Gasteiger partial charge in [-0.2, -0.15) is 4.57 Å². The number of amides is 1. The summed E-state index contributed by atoms with van der Waals surface area (Å²) in [5, 5.41) is 10.7. The summed E-state index contributed by atoms with van der Waals surface area (Å²) in [6.07, 6.45) is 2.77. The van der Waals surface area contributed by atoms with Crippen molar-refractivity contribution in [2.24, 2.45) is 0 Å². The summed E-state index contributed by atoms with van der Waals surface area (Å²) in [6.45, 7) is 2.39. The van der Waals surface area contributed by atoms with Crippen molar-refractivity contribution in [1.82, 2.24) is 14.5 Å². The van der Waals surface area contributed by atoms with Gasteiger partial charge >= 0.3 is 17.8 Å². The van der Waals surface area contributed by atoms with Gasteiger partial charge in [0.2, 0.25) is 0 Å². The molecule has 0 spiro atoms. The maximum absolute atomic E-state index is 11.8. The highest BCUT2D eigenvalue weighted by molar-refractivity contribution is 6.30. The van der Waals surface area contributed by atoms with Gasteiger partial charge in [-0.3, -0.25) is 4.79 Å². The fourth-order valence-electron chi connectivity index (χ4n) is 1.67. The largest absolute Gasteiger partial charge is 0.464 e. The van der Waals surface area contributed by atoms with E-state index in [9.17, 15) is 19.2 Å². The molecule has 1 rings (SSSR count). The molecule has 1 amide bonds. The number of unbranched alkanes of at least 4 members (excludes halogenated alkanes) is 3. The fourth-order valence-corrected chi connectivity index (χ4v) is 1.85. The zero-order chi connectivity index (χ0) is 16.0. The molecular weight excluding hydrogens is 302 g/mol. The second-order valence-electron chi connectivity index (χ2n) is 4.35. The van der Waals surface area contributed by atoms with Gasteiger partial charge in [-0.05, 0) is 6.42 Å². The zero-order valence-corrected chi connectivity index (χ0v) is 12.2. The number of nitrogens with one attached hydrogen (secondary N) is 1. The standard InChI is InChI=1S/C12H16ClN3O5/c1-2-3-4-5-6-14-10(18)15-7-8(13)9(17)16(11(15)19)12(20)21/h7H,2-6H2,1H3,(H,14,18)(H,20,21). The average Bonchev–Trinajstić information content (AvgIpc) is 2.42. The van der Waals surface area contributed by atoms with Crippen LogP contribution in [0.4, 0.5) is 9.59 Å². The van der Waals surface area contributed by atoms with E-state index in [4.69, 9.17) is 16.7 Å². The van der Waals surface area contributed by atoms with Crippen LogP contribution in [-0.4, -0.2) is 32.9 Å². The first-order chi connectivity index (χ1) is 9.90. The maximum atomic E-state index is 11.8. The second kappa shape index (κ2) is 7.63. The predicted octanol–water partition coefficient (Wildman–Crippen LogP) is 1.33. The van der Waals surface area contributed by atoms with Gasteiger partial charge in [0.05, 0.1) is 0 Å². The lowest BCUT2D eigenvalue weighted by molar-refractivity contribution is 0.193. The van der Waals surface area contributed by atoms with Crippen molar-refractivity contribution in [2.75, 3.05) is 6.54 Å². The molecular formula is C12H16ClN3O5. The van der Waals surface area contributed by atoms with Crippen LogP contribution >= 0.6 is 11.6 Å². The lowest BCUT2D eigenvalue weighted by atomic mass is 10.2. The molecule has 21 heavy (non-hydrogen) atoms. The van der Waals surface area contributed by atoms with Crippen LogP contribution in [0.2, 0.25) is 5.02 Å². The molecule has 0 aliphatic carbocycles. The Bertz CT molecular complexity index is 649. The lowest BCUT2D eigenvalue weighted by Gasteiger charge is -2.08. The van der Waals surface area contributed by atoms with E-state index >= 15 is 0 Å². The molecule has 1 heterocycles. The minimum Gasteiger partial charge on any atom is -0.464 e. The molecule has 8 nitrogen and oxygen atoms in total. The van der Waals surface area contributed by atoms with Crippen molar-refractivity contribution >= 4 is 23.7 Å². The molecule has 2 N–H and O–H groups in total. The molecule has 0 bridgehead atoms. The van der Waals surface area contributed by atoms with E-state index in [1.54, 1.807) is 0 Å². The Hall–Kier alpha value is -2.09.